The molecule has 0 aliphatic rings. The summed E-state index contributed by atoms with van der Waals surface area (Å²) in [5, 5.41) is 4.11. The molecule has 0 amide bonds. The maximum atomic E-state index is 4.63. The van der Waals surface area contributed by atoms with Crippen molar-refractivity contribution >= 4 is 43.3 Å². The fourth-order valence-corrected chi connectivity index (χ4v) is 3.46. The minimum absolute atomic E-state index is 0.824. The van der Waals surface area contributed by atoms with Gasteiger partial charge in [0.25, 0.3) is 0 Å². The van der Waals surface area contributed by atoms with E-state index in [-0.39, 0.29) is 0 Å². The normalized spacial score (nSPS) is 12.2. The third-order valence-electron chi connectivity index (χ3n) is 3.20. The lowest BCUT2D eigenvalue weighted by Crippen LogP contribution is -1.91. The van der Waals surface area contributed by atoms with Gasteiger partial charge in [0.2, 0.25) is 0 Å². The molecule has 0 unspecified atom stereocenters. The zero-order chi connectivity index (χ0) is 12.4. The Bertz CT molecular complexity index is 1070. The highest BCUT2D eigenvalue weighted by Crippen LogP contribution is 2.30. The van der Waals surface area contributed by atoms with E-state index in [4.69, 9.17) is 0 Å². The van der Waals surface area contributed by atoms with E-state index in [1.165, 1.54) is 6.33 Å². The molecule has 0 atom stereocenters. The summed E-state index contributed by atoms with van der Waals surface area (Å²) in [6, 6.07) is 8.06. The number of hydrogen-bond donors (Lipinski definition) is 0. The van der Waals surface area contributed by atoms with Crippen LogP contribution in [0.4, 0.5) is 0 Å². The highest BCUT2D eigenvalue weighted by molar-refractivity contribution is 7.24. The molecule has 0 aliphatic carbocycles. The smallest absolute Gasteiger partial charge is 0.197 e. The summed E-state index contributed by atoms with van der Waals surface area (Å²) in [5.41, 5.74) is 3.76. The van der Waals surface area contributed by atoms with Crippen molar-refractivity contribution in [2.45, 2.75) is 0 Å². The first kappa shape index (κ1) is 9.40. The summed E-state index contributed by atoms with van der Waals surface area (Å²) in [6.45, 7) is 0. The van der Waals surface area contributed by atoms with E-state index in [0.29, 0.717) is 0 Å². The van der Waals surface area contributed by atoms with E-state index in [0.717, 1.165) is 32.0 Å². The molecule has 5 rings (SSSR count). The molecule has 0 fully saturated rings. The van der Waals surface area contributed by atoms with E-state index in [1.54, 1.807) is 22.2 Å². The molecule has 19 heavy (non-hydrogen) atoms. The number of nitrogens with zero attached hydrogens (tertiary/aromatic N) is 6. The molecule has 7 heteroatoms. The van der Waals surface area contributed by atoms with Crippen LogP contribution >= 0.6 is 11.3 Å². The fraction of sp³-hybridized carbons (Fsp3) is 0. The lowest BCUT2D eigenvalue weighted by Gasteiger charge is -1.94. The SMILES string of the molecule is c1ccc2c(c1)nc1sc3c4ncnn4cnc3n12. The Kier molecular flexibility index (Phi) is 1.52. The second-order valence-electron chi connectivity index (χ2n) is 4.25. The third kappa shape index (κ3) is 1.06. The van der Waals surface area contributed by atoms with Gasteiger partial charge < -0.3 is 0 Å². The van der Waals surface area contributed by atoms with Crippen molar-refractivity contribution in [2.24, 2.45) is 0 Å². The molecule has 5 aromatic rings. The molecular weight excluding hydrogens is 260 g/mol. The van der Waals surface area contributed by atoms with E-state index in [9.17, 15) is 0 Å². The predicted molar refractivity (Wildman–Crippen MR) is 72.4 cm³/mol. The molecule has 90 valence electrons. The average molecular weight is 266 g/mol. The Labute approximate surface area is 110 Å². The second kappa shape index (κ2) is 3.07. The van der Waals surface area contributed by atoms with Gasteiger partial charge in [-0.05, 0) is 12.1 Å². The average Bonchev–Trinajstić information content (AvgIpc) is 3.10. The minimum Gasteiger partial charge on any atom is -0.267 e. The highest BCUT2D eigenvalue weighted by Gasteiger charge is 2.14. The van der Waals surface area contributed by atoms with Gasteiger partial charge in [-0.1, -0.05) is 23.5 Å². The van der Waals surface area contributed by atoms with Crippen molar-refractivity contribution in [3.8, 4) is 0 Å². The van der Waals surface area contributed by atoms with Crippen LogP contribution in [0.25, 0.3) is 32.0 Å². The van der Waals surface area contributed by atoms with Gasteiger partial charge in [-0.25, -0.2) is 19.5 Å². The molecule has 0 radical (unpaired) electrons. The lowest BCUT2D eigenvalue weighted by atomic mass is 10.3. The molecule has 0 aliphatic heterocycles. The van der Waals surface area contributed by atoms with Crippen LogP contribution in [-0.4, -0.2) is 29.0 Å². The number of imidazole rings is 1. The number of fused-ring (bicyclic) bond motifs is 7. The Morgan fingerprint density at radius 1 is 1.05 bits per heavy atom. The molecule has 1 aromatic carbocycles. The lowest BCUT2D eigenvalue weighted by molar-refractivity contribution is 0.931. The van der Waals surface area contributed by atoms with Gasteiger partial charge in [0, 0.05) is 0 Å². The molecule has 0 saturated heterocycles. The molecule has 0 saturated carbocycles. The van der Waals surface area contributed by atoms with Crippen LogP contribution in [0.3, 0.4) is 0 Å². The summed E-state index contributed by atoms with van der Waals surface area (Å²) in [5.74, 6) is 0. The third-order valence-corrected chi connectivity index (χ3v) is 4.23. The Balaban J connectivity index is 2.13. The van der Waals surface area contributed by atoms with Crippen LogP contribution in [0.2, 0.25) is 0 Å². The van der Waals surface area contributed by atoms with Crippen LogP contribution in [0.5, 0.6) is 0 Å². The Hall–Kier alpha value is -2.54. The molecule has 6 nitrogen and oxygen atoms in total. The molecule has 0 N–H and O–H groups in total. The maximum Gasteiger partial charge on any atom is 0.197 e. The molecule has 4 heterocycles. The van der Waals surface area contributed by atoms with Crippen molar-refractivity contribution in [2.75, 3.05) is 0 Å². The number of aromatic nitrogens is 6. The summed E-state index contributed by atoms with van der Waals surface area (Å²) < 4.78 is 4.76. The van der Waals surface area contributed by atoms with Gasteiger partial charge in [-0.3, -0.25) is 4.40 Å². The molecule has 0 spiro atoms. The van der Waals surface area contributed by atoms with Crippen LogP contribution in [-0.2, 0) is 0 Å². The number of rotatable bonds is 0. The molecular formula is C12H6N6S. The van der Waals surface area contributed by atoms with Gasteiger partial charge in [0.15, 0.2) is 16.3 Å². The highest BCUT2D eigenvalue weighted by atomic mass is 32.1. The number of para-hydroxylation sites is 2. The first-order chi connectivity index (χ1) is 9.42. The summed E-state index contributed by atoms with van der Waals surface area (Å²) >= 11 is 1.59. The summed E-state index contributed by atoms with van der Waals surface area (Å²) in [4.78, 5) is 14.3. The first-order valence-corrected chi connectivity index (χ1v) is 6.57. The predicted octanol–water partition coefficient (Wildman–Crippen LogP) is 2.14. The minimum atomic E-state index is 0.824. The van der Waals surface area contributed by atoms with Gasteiger partial charge in [0.1, 0.15) is 17.4 Å². The zero-order valence-corrected chi connectivity index (χ0v) is 10.4. The second-order valence-corrected chi connectivity index (χ2v) is 5.22. The first-order valence-electron chi connectivity index (χ1n) is 5.76. The zero-order valence-electron chi connectivity index (χ0n) is 9.56. The molecule has 4 aromatic heterocycles. The van der Waals surface area contributed by atoms with Crippen LogP contribution < -0.4 is 0 Å². The van der Waals surface area contributed by atoms with Crippen molar-refractivity contribution in [3.05, 3.63) is 36.9 Å². The standard InChI is InChI=1S/C12H6N6S/c1-2-4-8-7(3-1)16-12-18(8)11-9(19-12)10-13-5-15-17(10)6-14-11/h1-6H. The van der Waals surface area contributed by atoms with Gasteiger partial charge >= 0.3 is 0 Å². The molecule has 0 bridgehead atoms. The van der Waals surface area contributed by atoms with Crippen molar-refractivity contribution < 1.29 is 0 Å². The van der Waals surface area contributed by atoms with Crippen molar-refractivity contribution in [1.29, 1.82) is 0 Å². The quantitative estimate of drug-likeness (QED) is 0.431. The van der Waals surface area contributed by atoms with Gasteiger partial charge in [-0.2, -0.15) is 5.10 Å². The largest absolute Gasteiger partial charge is 0.267 e. The van der Waals surface area contributed by atoms with Gasteiger partial charge in [0.05, 0.1) is 11.0 Å². The number of hydrogen-bond acceptors (Lipinski definition) is 5. The summed E-state index contributed by atoms with van der Waals surface area (Å²) in [7, 11) is 0. The Morgan fingerprint density at radius 2 is 2.00 bits per heavy atom. The number of benzene rings is 1. The van der Waals surface area contributed by atoms with Gasteiger partial charge in [-0.15, -0.1) is 0 Å². The van der Waals surface area contributed by atoms with Crippen molar-refractivity contribution in [1.82, 2.24) is 29.0 Å². The maximum absolute atomic E-state index is 4.63. The topological polar surface area (TPSA) is 60.4 Å². The fourth-order valence-electron chi connectivity index (χ4n) is 2.38. The van der Waals surface area contributed by atoms with E-state index >= 15 is 0 Å². The van der Waals surface area contributed by atoms with Crippen LogP contribution in [0, 0.1) is 0 Å². The van der Waals surface area contributed by atoms with Crippen molar-refractivity contribution in [3.63, 3.8) is 0 Å². The van der Waals surface area contributed by atoms with Crippen LogP contribution in [0.1, 0.15) is 0 Å². The Morgan fingerprint density at radius 3 is 3.00 bits per heavy atom. The summed E-state index contributed by atoms with van der Waals surface area (Å²) in [6.07, 6.45) is 3.22. The monoisotopic (exact) mass is 266 g/mol. The number of thiazole rings is 1. The van der Waals surface area contributed by atoms with E-state index in [1.807, 2.05) is 18.2 Å². The van der Waals surface area contributed by atoms with Crippen LogP contribution in [0.15, 0.2) is 36.9 Å². The van der Waals surface area contributed by atoms with E-state index < -0.39 is 0 Å². The van der Waals surface area contributed by atoms with E-state index in [2.05, 4.69) is 30.5 Å².